The molecule has 0 aliphatic heterocycles. The van der Waals surface area contributed by atoms with Crippen molar-refractivity contribution in [3.63, 3.8) is 0 Å². The van der Waals surface area contributed by atoms with Crippen LogP contribution in [0.5, 0.6) is 0 Å². The van der Waals surface area contributed by atoms with Crippen molar-refractivity contribution < 1.29 is 4.42 Å². The summed E-state index contributed by atoms with van der Waals surface area (Å²) in [5.41, 5.74) is 11.7. The Balaban J connectivity index is 0.941. The zero-order chi connectivity index (χ0) is 40.3. The maximum Gasteiger partial charge on any atom is 0.160 e. The van der Waals surface area contributed by atoms with Crippen molar-refractivity contribution in [3.8, 4) is 67.5 Å². The van der Waals surface area contributed by atoms with Crippen molar-refractivity contribution in [2.75, 3.05) is 0 Å². The largest absolute Gasteiger partial charge is 0.454 e. The van der Waals surface area contributed by atoms with Crippen LogP contribution < -0.4 is 0 Å². The first kappa shape index (κ1) is 34.9. The molecule has 0 aliphatic rings. The first-order chi connectivity index (χ1) is 30.2. The fourth-order valence-electron chi connectivity index (χ4n) is 9.12. The van der Waals surface area contributed by atoms with E-state index in [1.165, 1.54) is 65.3 Å². The van der Waals surface area contributed by atoms with Gasteiger partial charge in [-0.25, -0.2) is 9.97 Å². The molecule has 12 aromatic rings. The monoisotopic (exact) mass is 776 g/mol. The van der Waals surface area contributed by atoms with Crippen LogP contribution >= 0.6 is 0 Å². The molecule has 0 radical (unpaired) electrons. The summed E-state index contributed by atoms with van der Waals surface area (Å²) in [6.07, 6.45) is 0. The van der Waals surface area contributed by atoms with E-state index in [-0.39, 0.29) is 0 Å². The first-order valence-electron chi connectivity index (χ1n) is 20.7. The Kier molecular flexibility index (Phi) is 8.17. The predicted octanol–water partition coefficient (Wildman–Crippen LogP) is 15.8. The molecule has 0 N–H and O–H groups in total. The number of rotatable bonds is 6. The highest BCUT2D eigenvalue weighted by molar-refractivity contribution is 6.28. The number of fused-ring (bicyclic) bond motifs is 6. The van der Waals surface area contributed by atoms with Gasteiger partial charge in [0.15, 0.2) is 11.6 Å². The summed E-state index contributed by atoms with van der Waals surface area (Å²) in [6, 6.07) is 77.8. The molecule has 0 saturated heterocycles. The van der Waals surface area contributed by atoms with E-state index in [4.69, 9.17) is 14.4 Å². The van der Waals surface area contributed by atoms with Crippen LogP contribution in [-0.2, 0) is 0 Å². The van der Waals surface area contributed by atoms with Crippen LogP contribution in [0.1, 0.15) is 0 Å². The number of hydrogen-bond donors (Lipinski definition) is 0. The lowest BCUT2D eigenvalue weighted by Crippen LogP contribution is -1.95. The Hall–Kier alpha value is -8.14. The van der Waals surface area contributed by atoms with E-state index < -0.39 is 0 Å². The van der Waals surface area contributed by atoms with Gasteiger partial charge >= 0.3 is 0 Å². The highest BCUT2D eigenvalue weighted by Crippen LogP contribution is 2.46. The Bertz CT molecular complexity index is 3590. The molecular weight excluding hydrogens is 741 g/mol. The Morgan fingerprint density at radius 3 is 1.61 bits per heavy atom. The van der Waals surface area contributed by atoms with Crippen LogP contribution in [0.15, 0.2) is 223 Å². The van der Waals surface area contributed by atoms with Crippen molar-refractivity contribution in [1.29, 1.82) is 0 Å². The van der Waals surface area contributed by atoms with Crippen molar-refractivity contribution in [3.05, 3.63) is 218 Å². The van der Waals surface area contributed by atoms with Gasteiger partial charge in [0.25, 0.3) is 0 Å². The molecule has 0 aliphatic carbocycles. The summed E-state index contributed by atoms with van der Waals surface area (Å²) >= 11 is 0. The highest BCUT2D eigenvalue weighted by atomic mass is 16.3. The molecule has 0 atom stereocenters. The van der Waals surface area contributed by atoms with E-state index in [1.807, 2.05) is 54.6 Å². The van der Waals surface area contributed by atoms with E-state index in [9.17, 15) is 0 Å². The molecule has 284 valence electrons. The van der Waals surface area contributed by atoms with Crippen LogP contribution in [0.3, 0.4) is 0 Å². The van der Waals surface area contributed by atoms with Crippen molar-refractivity contribution in [2.24, 2.45) is 0 Å². The Labute approximate surface area is 352 Å². The molecule has 0 spiro atoms. The average molecular weight is 777 g/mol. The van der Waals surface area contributed by atoms with Gasteiger partial charge in [0.1, 0.15) is 11.3 Å². The Morgan fingerprint density at radius 1 is 0.295 bits per heavy atom. The zero-order valence-electron chi connectivity index (χ0n) is 33.1. The highest BCUT2D eigenvalue weighted by Gasteiger charge is 2.19. The van der Waals surface area contributed by atoms with Gasteiger partial charge in [0, 0.05) is 16.5 Å². The summed E-state index contributed by atoms with van der Waals surface area (Å²) in [5, 5.41) is 11.0. The molecule has 12 rings (SSSR count). The number of nitrogens with zero attached hydrogens (tertiary/aromatic N) is 2. The molecule has 2 aromatic heterocycles. The molecular formula is C58H36N2O. The van der Waals surface area contributed by atoms with Gasteiger partial charge in [-0.2, -0.15) is 0 Å². The van der Waals surface area contributed by atoms with E-state index in [0.717, 1.165) is 50.4 Å². The molecule has 0 fully saturated rings. The lowest BCUT2D eigenvalue weighted by atomic mass is 9.83. The predicted molar refractivity (Wildman–Crippen MR) is 254 cm³/mol. The second-order valence-electron chi connectivity index (χ2n) is 15.7. The third-order valence-electron chi connectivity index (χ3n) is 12.1. The van der Waals surface area contributed by atoms with Gasteiger partial charge in [0.05, 0.1) is 5.69 Å². The maximum absolute atomic E-state index is 6.27. The Morgan fingerprint density at radius 2 is 0.852 bits per heavy atom. The number of benzene rings is 10. The summed E-state index contributed by atoms with van der Waals surface area (Å²) in [5.74, 6) is 1.38. The van der Waals surface area contributed by atoms with Gasteiger partial charge in [-0.1, -0.05) is 188 Å². The van der Waals surface area contributed by atoms with Crippen molar-refractivity contribution in [2.45, 2.75) is 0 Å². The third kappa shape index (κ3) is 6.06. The van der Waals surface area contributed by atoms with Crippen LogP contribution in [-0.4, -0.2) is 9.97 Å². The number of hydrogen-bond acceptors (Lipinski definition) is 3. The van der Waals surface area contributed by atoms with Gasteiger partial charge in [-0.15, -0.1) is 0 Å². The average Bonchev–Trinajstić information content (AvgIpc) is 3.78. The van der Waals surface area contributed by atoms with Gasteiger partial charge < -0.3 is 4.42 Å². The quantitative estimate of drug-likeness (QED) is 0.125. The molecule has 3 nitrogen and oxygen atoms in total. The molecule has 0 bridgehead atoms. The van der Waals surface area contributed by atoms with Gasteiger partial charge in [0.2, 0.25) is 0 Å². The van der Waals surface area contributed by atoms with Crippen LogP contribution in [0.4, 0.5) is 0 Å². The molecule has 3 heteroatoms. The third-order valence-corrected chi connectivity index (χ3v) is 12.1. The lowest BCUT2D eigenvalue weighted by molar-refractivity contribution is 0.628. The minimum absolute atomic E-state index is 0.660. The fraction of sp³-hybridized carbons (Fsp3) is 0. The molecule has 10 aromatic carbocycles. The fourth-order valence-corrected chi connectivity index (χ4v) is 9.12. The van der Waals surface area contributed by atoms with Crippen LogP contribution in [0, 0.1) is 0 Å². The second-order valence-corrected chi connectivity index (χ2v) is 15.7. The van der Waals surface area contributed by atoms with Crippen LogP contribution in [0.25, 0.3) is 122 Å². The smallest absolute Gasteiger partial charge is 0.160 e. The molecule has 61 heavy (non-hydrogen) atoms. The molecule has 0 amide bonds. The molecule has 2 heterocycles. The second kappa shape index (κ2) is 14.3. The van der Waals surface area contributed by atoms with E-state index in [1.54, 1.807) is 0 Å². The van der Waals surface area contributed by atoms with Crippen LogP contribution in [0.2, 0.25) is 0 Å². The lowest BCUT2D eigenvalue weighted by Gasteiger charge is -2.19. The number of furan rings is 1. The topological polar surface area (TPSA) is 38.9 Å². The van der Waals surface area contributed by atoms with E-state index in [2.05, 4.69) is 164 Å². The van der Waals surface area contributed by atoms with Crippen molar-refractivity contribution in [1.82, 2.24) is 9.97 Å². The zero-order valence-corrected chi connectivity index (χ0v) is 33.1. The summed E-state index contributed by atoms with van der Waals surface area (Å²) in [4.78, 5) is 10.0. The standard InChI is InChI=1S/C58H36N2O/c1-3-14-40(15-4-1)55-48-20-10-11-21-49(48)56(57-47-19-9-7-13-38(47)31-32-50(55)57)46-30-29-43-33-42(27-28-44(43)34-46)37-23-25-39(26-24-37)51-36-52(54-35-45-18-8-12-22-53(45)61-54)60-58(59-51)41-16-5-2-6-17-41/h1-36H. The molecule has 0 unspecified atom stereocenters. The van der Waals surface area contributed by atoms with E-state index in [0.29, 0.717) is 5.82 Å². The first-order valence-corrected chi connectivity index (χ1v) is 20.7. The number of aromatic nitrogens is 2. The minimum Gasteiger partial charge on any atom is -0.454 e. The maximum atomic E-state index is 6.27. The number of para-hydroxylation sites is 1. The SMILES string of the molecule is c1ccc(-c2nc(-c3ccc(-c4ccc5cc(-c6c7ccccc7c(-c7ccccc7)c7ccc8ccccc8c67)ccc5c4)cc3)cc(-c3cc4ccccc4o3)n2)cc1. The normalized spacial score (nSPS) is 11.6. The van der Waals surface area contributed by atoms with Crippen molar-refractivity contribution >= 4 is 54.1 Å². The summed E-state index contributed by atoms with van der Waals surface area (Å²) in [7, 11) is 0. The summed E-state index contributed by atoms with van der Waals surface area (Å²) < 4.78 is 6.27. The molecule has 0 saturated carbocycles. The summed E-state index contributed by atoms with van der Waals surface area (Å²) in [6.45, 7) is 0. The minimum atomic E-state index is 0.660. The van der Waals surface area contributed by atoms with Gasteiger partial charge in [-0.05, 0) is 107 Å². The van der Waals surface area contributed by atoms with E-state index >= 15 is 0 Å². The van der Waals surface area contributed by atoms with Gasteiger partial charge in [-0.3, -0.25) is 0 Å².